The van der Waals surface area contributed by atoms with Crippen LogP contribution in [0.4, 0.5) is 0 Å². The van der Waals surface area contributed by atoms with E-state index < -0.39 is 27.8 Å². The number of hydrogen-bond acceptors (Lipinski definition) is 3. The summed E-state index contributed by atoms with van der Waals surface area (Å²) < 4.78 is 27.7. The molecule has 1 heterocycles. The van der Waals surface area contributed by atoms with Crippen molar-refractivity contribution in [2.75, 3.05) is 6.54 Å². The summed E-state index contributed by atoms with van der Waals surface area (Å²) in [6.07, 6.45) is 1.60. The van der Waals surface area contributed by atoms with E-state index in [4.69, 9.17) is 5.11 Å². The maximum atomic E-state index is 12.1. The van der Waals surface area contributed by atoms with Crippen molar-refractivity contribution in [2.24, 2.45) is 0 Å². The summed E-state index contributed by atoms with van der Waals surface area (Å²) in [5.41, 5.74) is -0.565. The van der Waals surface area contributed by atoms with E-state index in [1.165, 1.54) is 0 Å². The highest BCUT2D eigenvalue weighted by molar-refractivity contribution is 7.87. The molecule has 0 amide bonds. The molecule has 1 atom stereocenters. The lowest BCUT2D eigenvalue weighted by atomic mass is 10.0. The summed E-state index contributed by atoms with van der Waals surface area (Å²) in [4.78, 5) is 11.0. The molecule has 1 rings (SSSR count). The van der Waals surface area contributed by atoms with E-state index in [9.17, 15) is 13.2 Å². The van der Waals surface area contributed by atoms with Gasteiger partial charge in [-0.2, -0.15) is 17.4 Å². The number of carboxylic acids is 1. The van der Waals surface area contributed by atoms with Gasteiger partial charge in [-0.1, -0.05) is 6.92 Å². The average Bonchev–Trinajstić information content (AvgIpc) is 2.65. The first-order valence-electron chi connectivity index (χ1n) is 5.73. The van der Waals surface area contributed by atoms with E-state index >= 15 is 0 Å². The third-order valence-corrected chi connectivity index (χ3v) is 4.95. The van der Waals surface area contributed by atoms with Crippen LogP contribution >= 0.6 is 0 Å². The zero-order valence-electron chi connectivity index (χ0n) is 10.4. The van der Waals surface area contributed by atoms with Crippen LogP contribution in [-0.2, 0) is 15.0 Å². The van der Waals surface area contributed by atoms with Crippen molar-refractivity contribution in [3.63, 3.8) is 0 Å². The number of carbonyl (C=O) groups is 1. The predicted molar refractivity (Wildman–Crippen MR) is 63.8 cm³/mol. The number of nitrogens with zero attached hydrogens (tertiary/aromatic N) is 1. The van der Waals surface area contributed by atoms with Crippen LogP contribution in [-0.4, -0.2) is 41.9 Å². The maximum absolute atomic E-state index is 12.1. The lowest BCUT2D eigenvalue weighted by Gasteiger charge is -2.29. The third kappa shape index (κ3) is 3.40. The first-order chi connectivity index (χ1) is 7.69. The molecule has 1 saturated heterocycles. The van der Waals surface area contributed by atoms with Crippen LogP contribution in [0.1, 0.15) is 40.0 Å². The highest BCUT2D eigenvalue weighted by Crippen LogP contribution is 2.22. The molecule has 7 heteroatoms. The largest absolute Gasteiger partial charge is 0.480 e. The first kappa shape index (κ1) is 14.4. The zero-order chi connectivity index (χ0) is 13.3. The van der Waals surface area contributed by atoms with E-state index in [1.54, 1.807) is 13.8 Å². The van der Waals surface area contributed by atoms with E-state index in [0.717, 1.165) is 4.31 Å². The summed E-state index contributed by atoms with van der Waals surface area (Å²) >= 11 is 0. The topological polar surface area (TPSA) is 86.7 Å². The summed E-state index contributed by atoms with van der Waals surface area (Å²) in [5.74, 6) is -1.08. The molecule has 0 aliphatic carbocycles. The Morgan fingerprint density at radius 1 is 1.53 bits per heavy atom. The number of nitrogens with one attached hydrogen (secondary N) is 1. The van der Waals surface area contributed by atoms with Gasteiger partial charge in [0.1, 0.15) is 6.04 Å². The van der Waals surface area contributed by atoms with E-state index in [0.29, 0.717) is 19.3 Å². The second-order valence-electron chi connectivity index (χ2n) is 4.95. The minimum Gasteiger partial charge on any atom is -0.480 e. The molecule has 6 nitrogen and oxygen atoms in total. The fourth-order valence-electron chi connectivity index (χ4n) is 1.75. The fourth-order valence-corrected chi connectivity index (χ4v) is 3.61. The Hall–Kier alpha value is -0.660. The van der Waals surface area contributed by atoms with Gasteiger partial charge in [0.05, 0.1) is 0 Å². The van der Waals surface area contributed by atoms with Crippen LogP contribution < -0.4 is 4.72 Å². The van der Waals surface area contributed by atoms with Crippen molar-refractivity contribution in [1.29, 1.82) is 0 Å². The highest BCUT2D eigenvalue weighted by atomic mass is 32.2. The van der Waals surface area contributed by atoms with Crippen LogP contribution in [0.25, 0.3) is 0 Å². The molecule has 0 aromatic rings. The van der Waals surface area contributed by atoms with Gasteiger partial charge in [-0.05, 0) is 33.1 Å². The van der Waals surface area contributed by atoms with Crippen molar-refractivity contribution in [2.45, 2.75) is 51.6 Å². The van der Waals surface area contributed by atoms with Crippen molar-refractivity contribution < 1.29 is 18.3 Å². The molecule has 0 aromatic heterocycles. The molecular formula is C10H20N2O4S. The Morgan fingerprint density at radius 3 is 2.59 bits per heavy atom. The Labute approximate surface area is 102 Å². The van der Waals surface area contributed by atoms with Gasteiger partial charge in [0, 0.05) is 12.1 Å². The van der Waals surface area contributed by atoms with Gasteiger partial charge in [0.2, 0.25) is 0 Å². The molecule has 1 aliphatic heterocycles. The number of aliphatic carboxylic acids is 1. The van der Waals surface area contributed by atoms with Gasteiger partial charge >= 0.3 is 5.97 Å². The second kappa shape index (κ2) is 4.91. The van der Waals surface area contributed by atoms with Crippen LogP contribution in [0.3, 0.4) is 0 Å². The predicted octanol–water partition coefficient (Wildman–Crippen LogP) is 0.558. The lowest BCUT2D eigenvalue weighted by Crippen LogP contribution is -2.52. The first-order valence-corrected chi connectivity index (χ1v) is 7.17. The number of rotatable bonds is 5. The normalized spacial score (nSPS) is 22.9. The molecule has 100 valence electrons. The molecule has 2 N–H and O–H groups in total. The van der Waals surface area contributed by atoms with Gasteiger partial charge in [-0.25, -0.2) is 0 Å². The quantitative estimate of drug-likeness (QED) is 0.759. The number of carboxylic acid groups (broad SMARTS) is 1. The van der Waals surface area contributed by atoms with Gasteiger partial charge in [-0.15, -0.1) is 0 Å². The van der Waals surface area contributed by atoms with Gasteiger partial charge in [0.25, 0.3) is 10.2 Å². The van der Waals surface area contributed by atoms with E-state index in [2.05, 4.69) is 4.72 Å². The summed E-state index contributed by atoms with van der Waals surface area (Å²) in [7, 11) is -3.72. The Kier molecular flexibility index (Phi) is 4.16. The van der Waals surface area contributed by atoms with Crippen LogP contribution in [0.5, 0.6) is 0 Å². The monoisotopic (exact) mass is 264 g/mol. The third-order valence-electron chi connectivity index (χ3n) is 3.09. The van der Waals surface area contributed by atoms with Crippen molar-refractivity contribution >= 4 is 16.2 Å². The van der Waals surface area contributed by atoms with E-state index in [1.807, 2.05) is 6.92 Å². The van der Waals surface area contributed by atoms with Gasteiger partial charge in [-0.3, -0.25) is 4.79 Å². The molecule has 0 radical (unpaired) electrons. The van der Waals surface area contributed by atoms with Crippen molar-refractivity contribution in [1.82, 2.24) is 9.03 Å². The molecule has 1 fully saturated rings. The smallest absolute Gasteiger partial charge is 0.322 e. The lowest BCUT2D eigenvalue weighted by molar-refractivity contribution is -0.140. The average molecular weight is 264 g/mol. The van der Waals surface area contributed by atoms with Crippen molar-refractivity contribution in [3.05, 3.63) is 0 Å². The van der Waals surface area contributed by atoms with Gasteiger partial charge < -0.3 is 5.11 Å². The standard InChI is InChI=1S/C10H20N2O4S/c1-4-10(2,3)11-17(15,16)12-7-5-6-8(12)9(13)14/h8,11H,4-7H2,1-3H3,(H,13,14)/t8-/m0/s1. The molecule has 0 aromatic carbocycles. The molecule has 1 aliphatic rings. The van der Waals surface area contributed by atoms with Crippen LogP contribution in [0.2, 0.25) is 0 Å². The highest BCUT2D eigenvalue weighted by Gasteiger charge is 2.40. The van der Waals surface area contributed by atoms with Crippen LogP contribution in [0, 0.1) is 0 Å². The Morgan fingerprint density at radius 2 is 2.12 bits per heavy atom. The maximum Gasteiger partial charge on any atom is 0.322 e. The van der Waals surface area contributed by atoms with Crippen LogP contribution in [0.15, 0.2) is 0 Å². The summed E-state index contributed by atoms with van der Waals surface area (Å²) in [6, 6.07) is -0.930. The molecule has 0 spiro atoms. The zero-order valence-corrected chi connectivity index (χ0v) is 11.2. The molecule has 0 unspecified atom stereocenters. The SMILES string of the molecule is CCC(C)(C)NS(=O)(=O)N1CCC[C@H]1C(=O)O. The fraction of sp³-hybridized carbons (Fsp3) is 0.900. The van der Waals surface area contributed by atoms with Crippen molar-refractivity contribution in [3.8, 4) is 0 Å². The molecule has 0 bridgehead atoms. The second-order valence-corrected chi connectivity index (χ2v) is 6.57. The summed E-state index contributed by atoms with van der Waals surface area (Å²) in [5, 5.41) is 8.97. The molecule has 17 heavy (non-hydrogen) atoms. The Bertz CT molecular complexity index is 391. The molecule has 0 saturated carbocycles. The van der Waals surface area contributed by atoms with Gasteiger partial charge in [0.15, 0.2) is 0 Å². The minimum absolute atomic E-state index is 0.270. The summed E-state index contributed by atoms with van der Waals surface area (Å²) in [6.45, 7) is 5.69. The number of hydrogen-bond donors (Lipinski definition) is 2. The minimum atomic E-state index is -3.72. The van der Waals surface area contributed by atoms with E-state index in [-0.39, 0.29) is 6.54 Å². The Balaban J connectivity index is 2.87. The molecular weight excluding hydrogens is 244 g/mol.